The van der Waals surface area contributed by atoms with Crippen LogP contribution in [0.1, 0.15) is 32.1 Å². The minimum absolute atomic E-state index is 0.204. The van der Waals surface area contributed by atoms with Gasteiger partial charge in [-0.3, -0.25) is 14.6 Å². The molecule has 28 heavy (non-hydrogen) atoms. The van der Waals surface area contributed by atoms with E-state index in [9.17, 15) is 9.59 Å². The van der Waals surface area contributed by atoms with Crippen LogP contribution in [0.2, 0.25) is 0 Å². The number of nitrogens with zero attached hydrogens (tertiary/aromatic N) is 3. The molecular weight excluding hydrogens is 352 g/mol. The number of anilines is 1. The Labute approximate surface area is 164 Å². The Morgan fingerprint density at radius 2 is 1.71 bits per heavy atom. The molecular formula is C22H22N4O2. The standard InChI is InChI=1S/C22H22N4O2/c1-16-5-3-6-18(15-16)24-21(27)19-7-4-8-20(25-19)22(28)26(2)14-11-17-9-12-23-13-10-17/h3-10,12-13,15H,11,14H2,1-2H3,(H,24,27). The third-order valence-corrected chi connectivity index (χ3v) is 4.31. The van der Waals surface area contributed by atoms with Gasteiger partial charge in [0.15, 0.2) is 0 Å². The molecule has 0 spiro atoms. The fraction of sp³-hybridized carbons (Fsp3) is 0.182. The number of carbonyl (C=O) groups excluding carboxylic acids is 2. The van der Waals surface area contributed by atoms with Crippen molar-refractivity contribution in [3.05, 3.63) is 89.5 Å². The van der Waals surface area contributed by atoms with E-state index in [0.717, 1.165) is 17.5 Å². The number of amides is 2. The van der Waals surface area contributed by atoms with E-state index in [1.54, 1.807) is 42.5 Å². The second-order valence-electron chi connectivity index (χ2n) is 6.56. The molecule has 0 bridgehead atoms. The molecule has 0 saturated carbocycles. The highest BCUT2D eigenvalue weighted by Crippen LogP contribution is 2.12. The highest BCUT2D eigenvalue weighted by atomic mass is 16.2. The largest absolute Gasteiger partial charge is 0.340 e. The van der Waals surface area contributed by atoms with Crippen LogP contribution in [-0.2, 0) is 6.42 Å². The lowest BCUT2D eigenvalue weighted by Gasteiger charge is -2.17. The number of rotatable bonds is 6. The van der Waals surface area contributed by atoms with E-state index in [-0.39, 0.29) is 23.2 Å². The topological polar surface area (TPSA) is 75.2 Å². The van der Waals surface area contributed by atoms with Gasteiger partial charge in [0.05, 0.1) is 0 Å². The maximum Gasteiger partial charge on any atom is 0.274 e. The van der Waals surface area contributed by atoms with Crippen molar-refractivity contribution in [2.45, 2.75) is 13.3 Å². The van der Waals surface area contributed by atoms with Gasteiger partial charge < -0.3 is 10.2 Å². The molecule has 1 aromatic carbocycles. The van der Waals surface area contributed by atoms with Crippen LogP contribution in [0, 0.1) is 6.92 Å². The third kappa shape index (κ3) is 5.01. The molecule has 3 rings (SSSR count). The van der Waals surface area contributed by atoms with Crippen molar-refractivity contribution in [2.75, 3.05) is 18.9 Å². The average Bonchev–Trinajstić information content (AvgIpc) is 2.72. The molecule has 1 N–H and O–H groups in total. The van der Waals surface area contributed by atoms with Gasteiger partial charge in [-0.15, -0.1) is 0 Å². The summed E-state index contributed by atoms with van der Waals surface area (Å²) >= 11 is 0. The summed E-state index contributed by atoms with van der Waals surface area (Å²) in [6, 6.07) is 16.2. The minimum Gasteiger partial charge on any atom is -0.340 e. The number of carbonyl (C=O) groups is 2. The molecule has 0 radical (unpaired) electrons. The van der Waals surface area contributed by atoms with Crippen LogP contribution in [0.5, 0.6) is 0 Å². The van der Waals surface area contributed by atoms with Crippen molar-refractivity contribution >= 4 is 17.5 Å². The number of nitrogens with one attached hydrogen (secondary N) is 1. The Hall–Kier alpha value is -3.54. The summed E-state index contributed by atoms with van der Waals surface area (Å²) in [5, 5.41) is 2.81. The van der Waals surface area contributed by atoms with Gasteiger partial charge in [0.25, 0.3) is 11.8 Å². The second-order valence-corrected chi connectivity index (χ2v) is 6.56. The molecule has 6 nitrogen and oxygen atoms in total. The van der Waals surface area contributed by atoms with Gasteiger partial charge in [-0.25, -0.2) is 4.98 Å². The first-order chi connectivity index (χ1) is 13.5. The highest BCUT2D eigenvalue weighted by Gasteiger charge is 2.16. The molecule has 142 valence electrons. The van der Waals surface area contributed by atoms with Crippen molar-refractivity contribution in [1.29, 1.82) is 0 Å². The summed E-state index contributed by atoms with van der Waals surface area (Å²) in [5.74, 6) is -0.570. The SMILES string of the molecule is Cc1cccc(NC(=O)c2cccc(C(=O)N(C)CCc3ccncc3)n2)c1. The minimum atomic E-state index is -0.348. The first kappa shape index (κ1) is 19.2. The van der Waals surface area contributed by atoms with Crippen LogP contribution in [0.4, 0.5) is 5.69 Å². The molecule has 0 aliphatic rings. The molecule has 0 atom stereocenters. The van der Waals surface area contributed by atoms with Crippen molar-refractivity contribution < 1.29 is 9.59 Å². The molecule has 0 unspecified atom stereocenters. The third-order valence-electron chi connectivity index (χ3n) is 4.31. The van der Waals surface area contributed by atoms with E-state index >= 15 is 0 Å². The number of aryl methyl sites for hydroxylation is 1. The first-order valence-corrected chi connectivity index (χ1v) is 9.02. The smallest absolute Gasteiger partial charge is 0.274 e. The van der Waals surface area contributed by atoms with Crippen LogP contribution < -0.4 is 5.32 Å². The normalized spacial score (nSPS) is 10.4. The van der Waals surface area contributed by atoms with Crippen molar-refractivity contribution in [3.8, 4) is 0 Å². The zero-order valence-corrected chi connectivity index (χ0v) is 15.9. The maximum absolute atomic E-state index is 12.7. The van der Waals surface area contributed by atoms with Gasteiger partial charge in [-0.05, 0) is 60.9 Å². The molecule has 6 heteroatoms. The molecule has 2 heterocycles. The Morgan fingerprint density at radius 3 is 2.46 bits per heavy atom. The molecule has 0 aliphatic heterocycles. The predicted octanol–water partition coefficient (Wildman–Crippen LogP) is 3.35. The number of aromatic nitrogens is 2. The monoisotopic (exact) mass is 374 g/mol. The van der Waals surface area contributed by atoms with Crippen LogP contribution in [-0.4, -0.2) is 40.3 Å². The van der Waals surface area contributed by atoms with Crippen LogP contribution >= 0.6 is 0 Å². The zero-order chi connectivity index (χ0) is 19.9. The number of pyridine rings is 2. The zero-order valence-electron chi connectivity index (χ0n) is 15.9. The quantitative estimate of drug-likeness (QED) is 0.718. The van der Waals surface area contributed by atoms with Gasteiger partial charge >= 0.3 is 0 Å². The van der Waals surface area contributed by atoms with E-state index < -0.39 is 0 Å². The Balaban J connectivity index is 1.66. The summed E-state index contributed by atoms with van der Waals surface area (Å²) in [4.78, 5) is 35.0. The Bertz CT molecular complexity index is 973. The summed E-state index contributed by atoms with van der Waals surface area (Å²) < 4.78 is 0. The van der Waals surface area contributed by atoms with E-state index in [0.29, 0.717) is 12.2 Å². The lowest BCUT2D eigenvalue weighted by Crippen LogP contribution is -2.30. The molecule has 3 aromatic rings. The number of likely N-dealkylation sites (N-methyl/N-ethyl adjacent to an activating group) is 1. The van der Waals surface area contributed by atoms with E-state index in [1.165, 1.54) is 0 Å². The highest BCUT2D eigenvalue weighted by molar-refractivity contribution is 6.03. The van der Waals surface area contributed by atoms with Gasteiger partial charge in [-0.1, -0.05) is 18.2 Å². The van der Waals surface area contributed by atoms with E-state index in [2.05, 4.69) is 15.3 Å². The lowest BCUT2D eigenvalue weighted by molar-refractivity contribution is 0.0790. The lowest BCUT2D eigenvalue weighted by atomic mass is 10.2. The molecule has 2 aromatic heterocycles. The molecule has 0 fully saturated rings. The average molecular weight is 374 g/mol. The number of benzene rings is 1. The van der Waals surface area contributed by atoms with Gasteiger partial charge in [0.2, 0.25) is 0 Å². The Morgan fingerprint density at radius 1 is 1.00 bits per heavy atom. The van der Waals surface area contributed by atoms with Crippen LogP contribution in [0.25, 0.3) is 0 Å². The fourth-order valence-corrected chi connectivity index (χ4v) is 2.74. The second kappa shape index (κ2) is 8.90. The molecule has 0 saturated heterocycles. The molecule has 2 amide bonds. The van der Waals surface area contributed by atoms with Gasteiger partial charge in [0, 0.05) is 31.7 Å². The summed E-state index contributed by atoms with van der Waals surface area (Å²) in [7, 11) is 1.73. The van der Waals surface area contributed by atoms with Crippen molar-refractivity contribution in [3.63, 3.8) is 0 Å². The fourth-order valence-electron chi connectivity index (χ4n) is 2.74. The van der Waals surface area contributed by atoms with Gasteiger partial charge in [0.1, 0.15) is 11.4 Å². The maximum atomic E-state index is 12.7. The number of hydrogen-bond acceptors (Lipinski definition) is 4. The first-order valence-electron chi connectivity index (χ1n) is 9.02. The van der Waals surface area contributed by atoms with Gasteiger partial charge in [-0.2, -0.15) is 0 Å². The summed E-state index contributed by atoms with van der Waals surface area (Å²) in [6.07, 6.45) is 4.18. The summed E-state index contributed by atoms with van der Waals surface area (Å²) in [5.41, 5.74) is 3.29. The number of hydrogen-bond donors (Lipinski definition) is 1. The van der Waals surface area contributed by atoms with Crippen molar-refractivity contribution in [1.82, 2.24) is 14.9 Å². The Kier molecular flexibility index (Phi) is 6.11. The molecule has 0 aliphatic carbocycles. The predicted molar refractivity (Wildman–Crippen MR) is 108 cm³/mol. The van der Waals surface area contributed by atoms with Crippen LogP contribution in [0.3, 0.4) is 0 Å². The van der Waals surface area contributed by atoms with Crippen molar-refractivity contribution in [2.24, 2.45) is 0 Å². The van der Waals surface area contributed by atoms with Crippen LogP contribution in [0.15, 0.2) is 67.0 Å². The summed E-state index contributed by atoms with van der Waals surface area (Å²) in [6.45, 7) is 2.50. The van der Waals surface area contributed by atoms with E-state index in [1.807, 2.05) is 43.3 Å². The van der Waals surface area contributed by atoms with E-state index in [4.69, 9.17) is 0 Å².